The number of ether oxygens (including phenoxy) is 5. The minimum atomic E-state index is -0.425. The molecule has 1 heterocycles. The molecule has 0 aliphatic carbocycles. The van der Waals surface area contributed by atoms with Gasteiger partial charge in [0.05, 0.1) is 39.1 Å². The lowest BCUT2D eigenvalue weighted by Gasteiger charge is -2.46. The van der Waals surface area contributed by atoms with E-state index in [4.69, 9.17) is 23.7 Å². The molecule has 4 aromatic rings. The average molecular weight is 565 g/mol. The molecular weight excluding hydrogens is 524 g/mol. The molecule has 0 unspecified atom stereocenters. The van der Waals surface area contributed by atoms with Crippen LogP contribution in [0.2, 0.25) is 0 Å². The molecule has 0 amide bonds. The van der Waals surface area contributed by atoms with E-state index in [2.05, 4.69) is 55.1 Å². The molecule has 5 nitrogen and oxygen atoms in total. The zero-order chi connectivity index (χ0) is 28.8. The van der Waals surface area contributed by atoms with Crippen LogP contribution in [-0.2, 0) is 50.1 Å². The van der Waals surface area contributed by atoms with Gasteiger partial charge in [-0.05, 0) is 28.7 Å². The highest BCUT2D eigenvalue weighted by molar-refractivity contribution is 5.16. The summed E-state index contributed by atoms with van der Waals surface area (Å²) in [7, 11) is 0. The third-order valence-electron chi connectivity index (χ3n) is 7.38. The van der Waals surface area contributed by atoms with Crippen molar-refractivity contribution in [2.24, 2.45) is 0 Å². The maximum absolute atomic E-state index is 6.72. The highest BCUT2D eigenvalue weighted by atomic mass is 16.6. The summed E-state index contributed by atoms with van der Waals surface area (Å²) in [6.45, 7) is 6.15. The Labute approximate surface area is 249 Å². The van der Waals surface area contributed by atoms with Crippen LogP contribution in [0.5, 0.6) is 0 Å². The van der Waals surface area contributed by atoms with E-state index in [-0.39, 0.29) is 18.3 Å². The van der Waals surface area contributed by atoms with Gasteiger partial charge in [-0.15, -0.1) is 6.58 Å². The van der Waals surface area contributed by atoms with Crippen LogP contribution in [0.25, 0.3) is 0 Å². The summed E-state index contributed by atoms with van der Waals surface area (Å²) in [5.41, 5.74) is 4.37. The van der Waals surface area contributed by atoms with Crippen LogP contribution in [-0.4, -0.2) is 37.1 Å². The van der Waals surface area contributed by atoms with Crippen molar-refractivity contribution in [1.29, 1.82) is 0 Å². The fourth-order valence-electron chi connectivity index (χ4n) is 5.24. The smallest absolute Gasteiger partial charge is 0.115 e. The zero-order valence-corrected chi connectivity index (χ0v) is 24.0. The summed E-state index contributed by atoms with van der Waals surface area (Å²) in [4.78, 5) is 0. The van der Waals surface area contributed by atoms with E-state index >= 15 is 0 Å². The summed E-state index contributed by atoms with van der Waals surface area (Å²) in [5, 5.41) is 0. The van der Waals surface area contributed by atoms with E-state index in [0.717, 1.165) is 22.3 Å². The largest absolute Gasteiger partial charge is 0.374 e. The van der Waals surface area contributed by atoms with Gasteiger partial charge in [0, 0.05) is 0 Å². The number of rotatable bonds is 15. The molecule has 218 valence electrons. The fourth-order valence-corrected chi connectivity index (χ4v) is 5.24. The van der Waals surface area contributed by atoms with Gasteiger partial charge in [0.25, 0.3) is 0 Å². The predicted molar refractivity (Wildman–Crippen MR) is 165 cm³/mol. The Morgan fingerprint density at radius 1 is 0.500 bits per heavy atom. The normalized spacial score (nSPS) is 22.0. The van der Waals surface area contributed by atoms with Crippen molar-refractivity contribution >= 4 is 0 Å². The van der Waals surface area contributed by atoms with Gasteiger partial charge < -0.3 is 23.7 Å². The molecule has 4 aromatic carbocycles. The second-order valence-corrected chi connectivity index (χ2v) is 10.5. The van der Waals surface area contributed by atoms with Gasteiger partial charge in [0.15, 0.2) is 0 Å². The quantitative estimate of drug-likeness (QED) is 0.142. The Kier molecular flexibility index (Phi) is 11.5. The lowest BCUT2D eigenvalue weighted by atomic mass is 9.92. The summed E-state index contributed by atoms with van der Waals surface area (Å²) in [5.74, 6) is 0. The molecule has 1 saturated heterocycles. The standard InChI is InChI=1S/C37H40O5/c1-2-15-33-35(39-25-30-18-9-4-10-19-30)37(41-27-32-22-13-6-14-23-32)36(40-26-31-20-11-5-12-21-31)34(42-33)28-38-24-29-16-7-3-8-17-29/h2-14,16-23,33-37H,1,15,24-28H2/t33-,34+,35-,36+,37+/m0/s1. The summed E-state index contributed by atoms with van der Waals surface area (Å²) in [6, 6.07) is 40.7. The molecule has 1 aliphatic heterocycles. The van der Waals surface area contributed by atoms with Crippen molar-refractivity contribution in [1.82, 2.24) is 0 Å². The van der Waals surface area contributed by atoms with Gasteiger partial charge in [-0.2, -0.15) is 0 Å². The maximum Gasteiger partial charge on any atom is 0.115 e. The average Bonchev–Trinajstić information content (AvgIpc) is 3.05. The van der Waals surface area contributed by atoms with Gasteiger partial charge in [-0.25, -0.2) is 0 Å². The molecule has 0 aromatic heterocycles. The van der Waals surface area contributed by atoms with Crippen molar-refractivity contribution in [3.8, 4) is 0 Å². The Morgan fingerprint density at radius 2 is 0.881 bits per heavy atom. The van der Waals surface area contributed by atoms with Crippen molar-refractivity contribution in [3.63, 3.8) is 0 Å². The van der Waals surface area contributed by atoms with Crippen LogP contribution in [0.3, 0.4) is 0 Å². The highest BCUT2D eigenvalue weighted by Gasteiger charge is 2.48. The minimum absolute atomic E-state index is 0.270. The first-order valence-corrected chi connectivity index (χ1v) is 14.6. The van der Waals surface area contributed by atoms with E-state index in [9.17, 15) is 0 Å². The topological polar surface area (TPSA) is 46.2 Å². The van der Waals surface area contributed by atoms with Crippen molar-refractivity contribution < 1.29 is 23.7 Å². The molecule has 1 aliphatic rings. The lowest BCUT2D eigenvalue weighted by molar-refractivity contribution is -0.271. The Bertz CT molecular complexity index is 1300. The highest BCUT2D eigenvalue weighted by Crippen LogP contribution is 2.32. The van der Waals surface area contributed by atoms with Crippen LogP contribution < -0.4 is 0 Å². The SMILES string of the molecule is C=CC[C@@H]1O[C@H](COCc2ccccc2)[C@@H](OCc2ccccc2)[C@H](OCc2ccccc2)[C@H]1OCc1ccccc1. The first kappa shape index (κ1) is 29.9. The zero-order valence-electron chi connectivity index (χ0n) is 24.0. The molecule has 5 rings (SSSR count). The Morgan fingerprint density at radius 3 is 1.31 bits per heavy atom. The van der Waals surface area contributed by atoms with Gasteiger partial charge in [-0.3, -0.25) is 0 Å². The first-order chi connectivity index (χ1) is 20.8. The molecule has 5 heteroatoms. The predicted octanol–water partition coefficient (Wildman–Crippen LogP) is 7.30. The first-order valence-electron chi connectivity index (χ1n) is 14.6. The minimum Gasteiger partial charge on any atom is -0.374 e. The lowest BCUT2D eigenvalue weighted by Crippen LogP contribution is -2.61. The van der Waals surface area contributed by atoms with Crippen LogP contribution in [0.4, 0.5) is 0 Å². The molecular formula is C37H40O5. The second-order valence-electron chi connectivity index (χ2n) is 10.5. The molecule has 5 atom stereocenters. The van der Waals surface area contributed by atoms with Crippen molar-refractivity contribution in [2.45, 2.75) is 63.4 Å². The maximum atomic E-state index is 6.72. The summed E-state index contributed by atoms with van der Waals surface area (Å²) in [6.07, 6.45) is 0.663. The number of hydrogen-bond donors (Lipinski definition) is 0. The van der Waals surface area contributed by atoms with Gasteiger partial charge in [0.2, 0.25) is 0 Å². The molecule has 42 heavy (non-hydrogen) atoms. The summed E-state index contributed by atoms with van der Waals surface area (Å²) >= 11 is 0. The summed E-state index contributed by atoms with van der Waals surface area (Å²) < 4.78 is 32.9. The van der Waals surface area contributed by atoms with Gasteiger partial charge in [-0.1, -0.05) is 127 Å². The molecule has 0 N–H and O–H groups in total. The third kappa shape index (κ3) is 8.71. The Balaban J connectivity index is 1.40. The van der Waals surface area contributed by atoms with Crippen LogP contribution in [0.15, 0.2) is 134 Å². The monoisotopic (exact) mass is 564 g/mol. The second kappa shape index (κ2) is 16.2. The number of benzene rings is 4. The van der Waals surface area contributed by atoms with E-state index in [1.165, 1.54) is 0 Å². The van der Waals surface area contributed by atoms with Crippen molar-refractivity contribution in [3.05, 3.63) is 156 Å². The van der Waals surface area contributed by atoms with E-state index in [0.29, 0.717) is 39.5 Å². The van der Waals surface area contributed by atoms with Gasteiger partial charge in [0.1, 0.15) is 24.4 Å². The van der Waals surface area contributed by atoms with E-state index < -0.39 is 12.2 Å². The van der Waals surface area contributed by atoms with E-state index in [1.54, 1.807) is 0 Å². The number of hydrogen-bond acceptors (Lipinski definition) is 5. The van der Waals surface area contributed by atoms with Crippen LogP contribution in [0.1, 0.15) is 28.7 Å². The van der Waals surface area contributed by atoms with Gasteiger partial charge >= 0.3 is 0 Å². The molecule has 0 spiro atoms. The van der Waals surface area contributed by atoms with E-state index in [1.807, 2.05) is 78.9 Å². The van der Waals surface area contributed by atoms with Crippen molar-refractivity contribution in [2.75, 3.05) is 6.61 Å². The molecule has 1 fully saturated rings. The fraction of sp³-hybridized carbons (Fsp3) is 0.297. The Hall–Kier alpha value is -3.58. The molecule has 0 saturated carbocycles. The molecule has 0 bridgehead atoms. The third-order valence-corrected chi connectivity index (χ3v) is 7.38. The van der Waals surface area contributed by atoms with Crippen LogP contribution in [0, 0.1) is 0 Å². The van der Waals surface area contributed by atoms with Crippen LogP contribution >= 0.6 is 0 Å². The molecule has 0 radical (unpaired) electrons.